The van der Waals surface area contributed by atoms with Gasteiger partial charge in [-0.2, -0.15) is 0 Å². The second-order valence-corrected chi connectivity index (χ2v) is 12.2. The van der Waals surface area contributed by atoms with Gasteiger partial charge in [0.2, 0.25) is 0 Å². The Kier molecular flexibility index (Phi) is 7.27. The molecule has 0 amide bonds. The van der Waals surface area contributed by atoms with Gasteiger partial charge in [0.05, 0.1) is 0 Å². The Hall–Kier alpha value is 0. The fourth-order valence-corrected chi connectivity index (χ4v) is 4.62. The molecule has 1 fully saturated rings. The first-order chi connectivity index (χ1) is 9.43. The third-order valence-corrected chi connectivity index (χ3v) is 4.80. The van der Waals surface area contributed by atoms with Gasteiger partial charge < -0.3 is 0 Å². The Bertz CT molecular complexity index is 276. The summed E-state index contributed by atoms with van der Waals surface area (Å²) in [4.78, 5) is 0. The summed E-state index contributed by atoms with van der Waals surface area (Å²) < 4.78 is 0. The summed E-state index contributed by atoms with van der Waals surface area (Å²) in [7, 11) is 0. The molecule has 0 aromatic rings. The summed E-state index contributed by atoms with van der Waals surface area (Å²) in [6.45, 7) is 28.2. The highest BCUT2D eigenvalue weighted by Gasteiger charge is 2.41. The van der Waals surface area contributed by atoms with Gasteiger partial charge in [-0.05, 0) is 52.8 Å². The van der Waals surface area contributed by atoms with Gasteiger partial charge in [0.15, 0.2) is 0 Å². The van der Waals surface area contributed by atoms with Gasteiger partial charge in [0.1, 0.15) is 0 Å². The molecule has 0 N–H and O–H groups in total. The zero-order valence-corrected chi connectivity index (χ0v) is 18.0. The normalized spacial score (nSPS) is 24.0. The molecule has 0 radical (unpaired) electrons. The minimum atomic E-state index is 0.484. The molecule has 0 saturated heterocycles. The molecule has 0 heteroatoms. The maximum Gasteiger partial charge on any atom is -0.0332 e. The van der Waals surface area contributed by atoms with Crippen molar-refractivity contribution in [3.63, 3.8) is 0 Å². The van der Waals surface area contributed by atoms with Crippen molar-refractivity contribution < 1.29 is 0 Å². The Labute approximate surface area is 142 Å². The van der Waals surface area contributed by atoms with E-state index in [2.05, 4.69) is 83.1 Å². The summed E-state index contributed by atoms with van der Waals surface area (Å²) in [5, 5.41) is 0. The van der Waals surface area contributed by atoms with Gasteiger partial charge in [0.25, 0.3) is 0 Å². The smallest absolute Gasteiger partial charge is 0.0332 e. The molecule has 0 spiro atoms. The molecule has 1 saturated carbocycles. The predicted octanol–water partition coefficient (Wildman–Crippen LogP) is 7.96. The number of rotatable bonds is 0. The van der Waals surface area contributed by atoms with Gasteiger partial charge in [-0.25, -0.2) is 0 Å². The lowest BCUT2D eigenvalue weighted by Crippen LogP contribution is -2.32. The third kappa shape index (κ3) is 9.21. The van der Waals surface area contributed by atoms with Crippen molar-refractivity contribution in [2.45, 2.75) is 109 Å². The van der Waals surface area contributed by atoms with Gasteiger partial charge in [-0.3, -0.25) is 0 Å². The van der Waals surface area contributed by atoms with E-state index in [1.807, 2.05) is 0 Å². The highest BCUT2D eigenvalue weighted by atomic mass is 14.5. The van der Waals surface area contributed by atoms with Crippen molar-refractivity contribution in [2.75, 3.05) is 0 Å². The SMILES string of the molecule is CC(C)(C)C1CCCC1C(C)(C)C.CC(C)(C)CC(C)(C)C. The predicted molar refractivity (Wildman–Crippen MR) is 103 cm³/mol. The van der Waals surface area contributed by atoms with E-state index in [-0.39, 0.29) is 0 Å². The van der Waals surface area contributed by atoms with Crippen LogP contribution in [0, 0.1) is 33.5 Å². The first-order valence-corrected chi connectivity index (χ1v) is 9.43. The van der Waals surface area contributed by atoms with Crippen LogP contribution in [0.25, 0.3) is 0 Å². The van der Waals surface area contributed by atoms with Crippen LogP contribution >= 0.6 is 0 Å². The number of hydrogen-bond donors (Lipinski definition) is 0. The van der Waals surface area contributed by atoms with Crippen molar-refractivity contribution in [2.24, 2.45) is 33.5 Å². The van der Waals surface area contributed by atoms with Crippen LogP contribution in [0.3, 0.4) is 0 Å². The van der Waals surface area contributed by atoms with Crippen LogP contribution in [0.5, 0.6) is 0 Å². The molecule has 0 bridgehead atoms. The fraction of sp³-hybridized carbons (Fsp3) is 1.00. The molecule has 2 atom stereocenters. The first-order valence-electron chi connectivity index (χ1n) is 9.43. The third-order valence-electron chi connectivity index (χ3n) is 4.80. The average molecular weight is 311 g/mol. The molecule has 0 heterocycles. The number of hydrogen-bond acceptors (Lipinski definition) is 0. The van der Waals surface area contributed by atoms with Gasteiger partial charge in [-0.1, -0.05) is 89.5 Å². The minimum Gasteiger partial charge on any atom is -0.0602 e. The van der Waals surface area contributed by atoms with Crippen molar-refractivity contribution in [3.05, 3.63) is 0 Å². The minimum absolute atomic E-state index is 0.484. The zero-order valence-electron chi connectivity index (χ0n) is 18.0. The molecule has 1 rings (SSSR count). The van der Waals surface area contributed by atoms with E-state index < -0.39 is 0 Å². The summed E-state index contributed by atoms with van der Waals surface area (Å²) in [5.41, 5.74) is 1.99. The standard InChI is InChI=1S/C13H26.C9H20/c1-12(2,3)10-8-7-9-11(10)13(4,5)6;1-8(2,3)7-9(4,5)6/h10-11H,7-9H2,1-6H3;7H2,1-6H3. The quantitative estimate of drug-likeness (QED) is 0.425. The molecule has 0 aliphatic heterocycles. The van der Waals surface area contributed by atoms with Crippen LogP contribution in [0.15, 0.2) is 0 Å². The van der Waals surface area contributed by atoms with Gasteiger partial charge in [-0.15, -0.1) is 0 Å². The van der Waals surface area contributed by atoms with E-state index in [1.54, 1.807) is 0 Å². The Balaban J connectivity index is 0.000000433. The van der Waals surface area contributed by atoms with Gasteiger partial charge in [0, 0.05) is 0 Å². The molecular formula is C22H46. The molecule has 0 aromatic carbocycles. The molecular weight excluding hydrogens is 264 g/mol. The van der Waals surface area contributed by atoms with Crippen LogP contribution in [-0.2, 0) is 0 Å². The van der Waals surface area contributed by atoms with Crippen molar-refractivity contribution in [1.29, 1.82) is 0 Å². The fourth-order valence-electron chi connectivity index (χ4n) is 4.62. The van der Waals surface area contributed by atoms with Gasteiger partial charge >= 0.3 is 0 Å². The van der Waals surface area contributed by atoms with E-state index in [9.17, 15) is 0 Å². The zero-order chi connectivity index (χ0) is 18.0. The maximum atomic E-state index is 2.40. The lowest BCUT2D eigenvalue weighted by atomic mass is 9.66. The second kappa shape index (κ2) is 7.27. The van der Waals surface area contributed by atoms with E-state index in [4.69, 9.17) is 0 Å². The summed E-state index contributed by atoms with van der Waals surface area (Å²) >= 11 is 0. The Morgan fingerprint density at radius 3 is 0.955 bits per heavy atom. The average Bonchev–Trinajstić information content (AvgIpc) is 2.56. The van der Waals surface area contributed by atoms with Crippen LogP contribution in [0.2, 0.25) is 0 Å². The molecule has 22 heavy (non-hydrogen) atoms. The topological polar surface area (TPSA) is 0 Å². The van der Waals surface area contributed by atoms with Crippen LogP contribution < -0.4 is 0 Å². The highest BCUT2D eigenvalue weighted by Crippen LogP contribution is 2.50. The van der Waals surface area contributed by atoms with Crippen molar-refractivity contribution >= 4 is 0 Å². The molecule has 1 aliphatic carbocycles. The van der Waals surface area contributed by atoms with E-state index in [1.165, 1.54) is 25.7 Å². The summed E-state index contributed by atoms with van der Waals surface area (Å²) in [6, 6.07) is 0. The lowest BCUT2D eigenvalue weighted by Gasteiger charge is -2.39. The van der Waals surface area contributed by atoms with E-state index in [0.29, 0.717) is 21.7 Å². The molecule has 134 valence electrons. The largest absolute Gasteiger partial charge is 0.0602 e. The molecule has 2 unspecified atom stereocenters. The summed E-state index contributed by atoms with van der Waals surface area (Å²) in [5.74, 6) is 1.87. The molecule has 0 aromatic heterocycles. The highest BCUT2D eigenvalue weighted by molar-refractivity contribution is 4.91. The van der Waals surface area contributed by atoms with Crippen LogP contribution in [0.4, 0.5) is 0 Å². The monoisotopic (exact) mass is 310 g/mol. The van der Waals surface area contributed by atoms with Crippen LogP contribution in [0.1, 0.15) is 109 Å². The van der Waals surface area contributed by atoms with Crippen LogP contribution in [-0.4, -0.2) is 0 Å². The second-order valence-electron chi connectivity index (χ2n) is 12.2. The Morgan fingerprint density at radius 1 is 0.545 bits per heavy atom. The Morgan fingerprint density at radius 2 is 0.818 bits per heavy atom. The van der Waals surface area contributed by atoms with E-state index >= 15 is 0 Å². The molecule has 1 aliphatic rings. The first kappa shape index (κ1) is 22.0. The van der Waals surface area contributed by atoms with E-state index in [0.717, 1.165) is 11.8 Å². The lowest BCUT2D eigenvalue weighted by molar-refractivity contribution is 0.0992. The van der Waals surface area contributed by atoms with Crippen molar-refractivity contribution in [3.8, 4) is 0 Å². The summed E-state index contributed by atoms with van der Waals surface area (Å²) in [6.07, 6.45) is 5.64. The maximum absolute atomic E-state index is 2.40. The van der Waals surface area contributed by atoms with Crippen molar-refractivity contribution in [1.82, 2.24) is 0 Å². The molecule has 0 nitrogen and oxygen atoms in total.